The van der Waals surface area contributed by atoms with Gasteiger partial charge in [-0.1, -0.05) is 24.3 Å². The standard InChI is InChI=1S/C15H11ClF3NO5S/c16-6-8-7-20(14(21)22)11-5-12(25-26(23,24)15(17,18)19)9-3-1-2-4-10(9)13(8)11/h1-5,8H,6-7H2,(H,21,22). The highest BCUT2D eigenvalue weighted by atomic mass is 35.5. The van der Waals surface area contributed by atoms with Crippen molar-refractivity contribution in [3.8, 4) is 5.75 Å². The van der Waals surface area contributed by atoms with Crippen LogP contribution >= 0.6 is 11.6 Å². The SMILES string of the molecule is O=C(O)N1CC(CCl)c2c1cc(OS(=O)(=O)C(F)(F)F)c1ccccc21. The van der Waals surface area contributed by atoms with Gasteiger partial charge in [0, 0.05) is 29.8 Å². The quantitative estimate of drug-likeness (QED) is 0.472. The van der Waals surface area contributed by atoms with Gasteiger partial charge in [0.25, 0.3) is 0 Å². The molecule has 0 aliphatic carbocycles. The van der Waals surface area contributed by atoms with Crippen molar-refractivity contribution < 1.29 is 35.7 Å². The molecule has 1 heterocycles. The number of amides is 1. The predicted molar refractivity (Wildman–Crippen MR) is 88.4 cm³/mol. The Hall–Kier alpha value is -2.20. The summed E-state index contributed by atoms with van der Waals surface area (Å²) in [6.45, 7) is 0.00757. The Balaban J connectivity index is 2.27. The highest BCUT2D eigenvalue weighted by molar-refractivity contribution is 7.88. The van der Waals surface area contributed by atoms with Gasteiger partial charge in [-0.25, -0.2) is 4.79 Å². The number of nitrogens with zero attached hydrogens (tertiary/aromatic N) is 1. The second-order valence-corrected chi connectivity index (χ2v) is 7.43. The van der Waals surface area contributed by atoms with Crippen LogP contribution in [0.3, 0.4) is 0 Å². The third kappa shape index (κ3) is 2.92. The Morgan fingerprint density at radius 1 is 1.31 bits per heavy atom. The smallest absolute Gasteiger partial charge is 0.465 e. The molecule has 6 nitrogen and oxygen atoms in total. The molecule has 1 aliphatic heterocycles. The van der Waals surface area contributed by atoms with Crippen molar-refractivity contribution in [2.24, 2.45) is 0 Å². The first-order valence-electron chi connectivity index (χ1n) is 7.19. The molecule has 0 spiro atoms. The van der Waals surface area contributed by atoms with E-state index in [9.17, 15) is 31.5 Å². The first-order valence-corrected chi connectivity index (χ1v) is 9.14. The van der Waals surface area contributed by atoms with E-state index in [4.69, 9.17) is 11.6 Å². The van der Waals surface area contributed by atoms with Crippen LogP contribution < -0.4 is 9.08 Å². The van der Waals surface area contributed by atoms with E-state index in [1.807, 2.05) is 0 Å². The Morgan fingerprint density at radius 2 is 1.92 bits per heavy atom. The molecule has 0 radical (unpaired) electrons. The molecule has 2 aromatic carbocycles. The van der Waals surface area contributed by atoms with Gasteiger partial charge in [0.1, 0.15) is 0 Å². The van der Waals surface area contributed by atoms with E-state index in [2.05, 4.69) is 4.18 Å². The van der Waals surface area contributed by atoms with Crippen molar-refractivity contribution >= 4 is 44.3 Å². The zero-order valence-electron chi connectivity index (χ0n) is 12.8. The normalized spacial score (nSPS) is 17.4. The first kappa shape index (κ1) is 18.6. The minimum Gasteiger partial charge on any atom is -0.465 e. The molecule has 1 atom stereocenters. The Morgan fingerprint density at radius 3 is 2.46 bits per heavy atom. The van der Waals surface area contributed by atoms with E-state index in [0.29, 0.717) is 10.9 Å². The minimum atomic E-state index is -5.91. The Kier molecular flexibility index (Phi) is 4.43. The zero-order valence-corrected chi connectivity index (χ0v) is 14.4. The fourth-order valence-electron chi connectivity index (χ4n) is 2.95. The number of carboxylic acid groups (broad SMARTS) is 1. The lowest BCUT2D eigenvalue weighted by atomic mass is 9.95. The molecule has 26 heavy (non-hydrogen) atoms. The minimum absolute atomic E-state index is 0.00757. The van der Waals surface area contributed by atoms with Crippen LogP contribution in [-0.4, -0.2) is 37.6 Å². The van der Waals surface area contributed by atoms with Crippen LogP contribution in [-0.2, 0) is 10.1 Å². The molecule has 0 bridgehead atoms. The van der Waals surface area contributed by atoms with Crippen LogP contribution in [0.4, 0.5) is 23.7 Å². The van der Waals surface area contributed by atoms with Crippen molar-refractivity contribution in [3.63, 3.8) is 0 Å². The summed E-state index contributed by atoms with van der Waals surface area (Å²) < 4.78 is 65.1. The number of carbonyl (C=O) groups is 1. The highest BCUT2D eigenvalue weighted by Crippen LogP contribution is 2.46. The summed E-state index contributed by atoms with van der Waals surface area (Å²) in [7, 11) is -5.91. The van der Waals surface area contributed by atoms with Gasteiger partial charge in [0.05, 0.1) is 5.69 Å². The second-order valence-electron chi connectivity index (χ2n) is 5.58. The van der Waals surface area contributed by atoms with Crippen LogP contribution in [0.5, 0.6) is 5.75 Å². The topological polar surface area (TPSA) is 83.9 Å². The summed E-state index contributed by atoms with van der Waals surface area (Å²) in [5.41, 5.74) is -5.04. The summed E-state index contributed by atoms with van der Waals surface area (Å²) in [4.78, 5) is 12.4. The molecule has 1 N–H and O–H groups in total. The Labute approximate surface area is 150 Å². The second kappa shape index (κ2) is 6.20. The van der Waals surface area contributed by atoms with Gasteiger partial charge < -0.3 is 9.29 Å². The van der Waals surface area contributed by atoms with Gasteiger partial charge in [-0.05, 0) is 10.9 Å². The maximum Gasteiger partial charge on any atom is 0.534 e. The molecule has 1 unspecified atom stereocenters. The molecule has 3 rings (SSSR count). The van der Waals surface area contributed by atoms with E-state index in [-0.39, 0.29) is 29.4 Å². The zero-order chi connectivity index (χ0) is 19.3. The largest absolute Gasteiger partial charge is 0.534 e. The van der Waals surface area contributed by atoms with Crippen molar-refractivity contribution in [3.05, 3.63) is 35.9 Å². The molecular weight excluding hydrogens is 399 g/mol. The third-order valence-corrected chi connectivity index (χ3v) is 5.37. The maximum absolute atomic E-state index is 12.7. The number of alkyl halides is 4. The molecule has 0 fully saturated rings. The summed E-state index contributed by atoms with van der Waals surface area (Å²) in [6.07, 6.45) is -1.33. The molecular formula is C15H11ClF3NO5S. The molecule has 0 saturated heterocycles. The predicted octanol–water partition coefficient (Wildman–Crippen LogP) is 3.89. The van der Waals surface area contributed by atoms with Crippen LogP contribution in [0.1, 0.15) is 11.5 Å². The summed E-state index contributed by atoms with van der Waals surface area (Å²) in [5, 5.41) is 9.84. The van der Waals surface area contributed by atoms with E-state index in [0.717, 1.165) is 11.0 Å². The van der Waals surface area contributed by atoms with Crippen LogP contribution in [0.25, 0.3) is 10.8 Å². The van der Waals surface area contributed by atoms with Crippen molar-refractivity contribution in [1.29, 1.82) is 0 Å². The number of halogens is 4. The lowest BCUT2D eigenvalue weighted by Crippen LogP contribution is -2.29. The molecule has 11 heteroatoms. The van der Waals surface area contributed by atoms with E-state index >= 15 is 0 Å². The molecule has 0 saturated carbocycles. The van der Waals surface area contributed by atoms with Crippen molar-refractivity contribution in [1.82, 2.24) is 0 Å². The van der Waals surface area contributed by atoms with Crippen LogP contribution in [0, 0.1) is 0 Å². The van der Waals surface area contributed by atoms with Crippen molar-refractivity contribution in [2.75, 3.05) is 17.3 Å². The molecule has 1 amide bonds. The van der Waals surface area contributed by atoms with Gasteiger partial charge in [-0.2, -0.15) is 21.6 Å². The lowest BCUT2D eigenvalue weighted by molar-refractivity contribution is -0.0499. The van der Waals surface area contributed by atoms with Gasteiger partial charge in [0.2, 0.25) is 0 Å². The van der Waals surface area contributed by atoms with Gasteiger partial charge in [-0.15, -0.1) is 11.6 Å². The van der Waals surface area contributed by atoms with E-state index in [1.165, 1.54) is 12.1 Å². The molecule has 1 aliphatic rings. The Bertz CT molecular complexity index is 993. The van der Waals surface area contributed by atoms with Crippen LogP contribution in [0.2, 0.25) is 0 Å². The number of fused-ring (bicyclic) bond motifs is 3. The third-order valence-electron chi connectivity index (χ3n) is 4.03. The summed E-state index contributed by atoms with van der Waals surface area (Å²) in [5.74, 6) is -0.902. The van der Waals surface area contributed by atoms with Gasteiger partial charge in [0.15, 0.2) is 5.75 Å². The number of rotatable bonds is 3. The maximum atomic E-state index is 12.7. The monoisotopic (exact) mass is 409 g/mol. The fourth-order valence-corrected chi connectivity index (χ4v) is 3.68. The van der Waals surface area contributed by atoms with E-state index in [1.54, 1.807) is 12.1 Å². The highest BCUT2D eigenvalue weighted by Gasteiger charge is 2.49. The fraction of sp³-hybridized carbons (Fsp3) is 0.267. The molecule has 140 valence electrons. The summed E-state index contributed by atoms with van der Waals surface area (Å²) in [6, 6.07) is 7.03. The first-order chi connectivity index (χ1) is 12.1. The number of hydrogen-bond donors (Lipinski definition) is 1. The average molecular weight is 410 g/mol. The average Bonchev–Trinajstić information content (AvgIpc) is 2.92. The van der Waals surface area contributed by atoms with Crippen LogP contribution in [0.15, 0.2) is 30.3 Å². The van der Waals surface area contributed by atoms with Gasteiger partial charge in [-0.3, -0.25) is 4.90 Å². The van der Waals surface area contributed by atoms with E-state index < -0.39 is 27.5 Å². The lowest BCUT2D eigenvalue weighted by Gasteiger charge is -2.17. The molecule has 2 aromatic rings. The number of hydrogen-bond acceptors (Lipinski definition) is 4. The number of benzene rings is 2. The van der Waals surface area contributed by atoms with Crippen molar-refractivity contribution in [2.45, 2.75) is 11.4 Å². The van der Waals surface area contributed by atoms with Gasteiger partial charge >= 0.3 is 21.7 Å². The number of anilines is 1. The molecule has 0 aromatic heterocycles. The summed E-state index contributed by atoms with van der Waals surface area (Å²) >= 11 is 5.92.